The molecular formula is C24H30N6O4S. The fraction of sp³-hybridized carbons (Fsp3) is 0.458. The number of nitrogens with two attached hydrogens (primary N) is 1. The Labute approximate surface area is 204 Å². The first-order chi connectivity index (χ1) is 17.0. The summed E-state index contributed by atoms with van der Waals surface area (Å²) >= 11 is 0. The molecule has 3 N–H and O–H groups in total. The molecule has 1 saturated carbocycles. The zero-order valence-corrected chi connectivity index (χ0v) is 20.5. The summed E-state index contributed by atoms with van der Waals surface area (Å²) in [6.07, 6.45) is 7.66. The number of methoxy groups -OCH3 is 1. The van der Waals surface area contributed by atoms with Gasteiger partial charge in [-0.25, -0.2) is 23.4 Å². The highest BCUT2D eigenvalue weighted by molar-refractivity contribution is 7.89. The molecule has 3 heterocycles. The summed E-state index contributed by atoms with van der Waals surface area (Å²) in [5, 5.41) is 4.10. The van der Waals surface area contributed by atoms with Crippen molar-refractivity contribution in [3.63, 3.8) is 0 Å². The predicted molar refractivity (Wildman–Crippen MR) is 133 cm³/mol. The van der Waals surface area contributed by atoms with Gasteiger partial charge in [-0.05, 0) is 43.4 Å². The Bertz CT molecular complexity index is 1290. The lowest BCUT2D eigenvalue weighted by molar-refractivity contribution is 0.0681. The van der Waals surface area contributed by atoms with E-state index in [0.717, 1.165) is 36.8 Å². The van der Waals surface area contributed by atoms with Crippen molar-refractivity contribution in [3.8, 4) is 11.1 Å². The molecule has 1 aromatic carbocycles. The lowest BCUT2D eigenvalue weighted by atomic mass is 9.93. The van der Waals surface area contributed by atoms with Gasteiger partial charge in [0.15, 0.2) is 0 Å². The fourth-order valence-electron chi connectivity index (χ4n) is 4.69. The summed E-state index contributed by atoms with van der Waals surface area (Å²) in [5.41, 5.74) is 8.34. The maximum Gasteiger partial charge on any atom is 0.243 e. The maximum absolute atomic E-state index is 13.0. The van der Waals surface area contributed by atoms with Crippen molar-refractivity contribution in [1.29, 1.82) is 0 Å². The smallest absolute Gasteiger partial charge is 0.243 e. The van der Waals surface area contributed by atoms with E-state index < -0.39 is 10.0 Å². The number of hydrogen-bond donors (Lipinski definition) is 2. The molecule has 0 amide bonds. The molecular weight excluding hydrogens is 468 g/mol. The first-order valence-corrected chi connectivity index (χ1v) is 13.3. The van der Waals surface area contributed by atoms with Gasteiger partial charge < -0.3 is 20.5 Å². The summed E-state index contributed by atoms with van der Waals surface area (Å²) in [5.74, 6) is 0.888. The van der Waals surface area contributed by atoms with Crippen molar-refractivity contribution >= 4 is 32.7 Å². The third kappa shape index (κ3) is 4.94. The standard InChI is InChI=1S/C24H30N6O4S/c1-33-18-6-4-17(5-7-18)28-24-27-15-21-22(29-24)20(14-26-23(21)25)16-2-8-19(9-3-16)35(31,32)30-10-12-34-13-11-30/h2-3,8-9,14-15,17-18H,4-7,10-13H2,1H3,(H2,25,26)(H,27,28,29). The largest absolute Gasteiger partial charge is 0.383 e. The monoisotopic (exact) mass is 498 g/mol. The molecule has 0 bridgehead atoms. The van der Waals surface area contributed by atoms with Gasteiger partial charge in [-0.1, -0.05) is 12.1 Å². The van der Waals surface area contributed by atoms with Gasteiger partial charge in [-0.3, -0.25) is 0 Å². The van der Waals surface area contributed by atoms with Crippen LogP contribution < -0.4 is 11.1 Å². The zero-order valence-electron chi connectivity index (χ0n) is 19.7. The van der Waals surface area contributed by atoms with Crippen LogP contribution in [0.5, 0.6) is 0 Å². The molecule has 10 nitrogen and oxygen atoms in total. The van der Waals surface area contributed by atoms with E-state index in [1.165, 1.54) is 4.31 Å². The van der Waals surface area contributed by atoms with E-state index in [1.54, 1.807) is 43.8 Å². The third-order valence-electron chi connectivity index (χ3n) is 6.77. The first kappa shape index (κ1) is 23.9. The number of anilines is 2. The number of pyridine rings is 1. The van der Waals surface area contributed by atoms with Crippen molar-refractivity contribution in [2.24, 2.45) is 0 Å². The van der Waals surface area contributed by atoms with Crippen LogP contribution in [-0.2, 0) is 19.5 Å². The van der Waals surface area contributed by atoms with Gasteiger partial charge in [0.05, 0.1) is 35.1 Å². The first-order valence-electron chi connectivity index (χ1n) is 11.8. The summed E-state index contributed by atoms with van der Waals surface area (Å²) in [6.45, 7) is 1.53. The molecule has 2 aromatic heterocycles. The van der Waals surface area contributed by atoms with Crippen LogP contribution in [0.2, 0.25) is 0 Å². The topological polar surface area (TPSA) is 133 Å². The molecule has 186 valence electrons. The number of hydrogen-bond acceptors (Lipinski definition) is 9. The molecule has 1 saturated heterocycles. The van der Waals surface area contributed by atoms with E-state index in [2.05, 4.69) is 15.3 Å². The van der Waals surface area contributed by atoms with Crippen LogP contribution in [0.25, 0.3) is 22.0 Å². The van der Waals surface area contributed by atoms with Crippen LogP contribution >= 0.6 is 0 Å². The Hall–Kier alpha value is -2.86. The Balaban J connectivity index is 1.42. The van der Waals surface area contributed by atoms with Crippen LogP contribution in [0.3, 0.4) is 0 Å². The maximum atomic E-state index is 13.0. The van der Waals surface area contributed by atoms with E-state index in [0.29, 0.717) is 55.1 Å². The molecule has 2 aliphatic rings. The van der Waals surface area contributed by atoms with Crippen LogP contribution in [0.4, 0.5) is 11.8 Å². The number of nitrogens with one attached hydrogen (secondary N) is 1. The number of morpholine rings is 1. The number of nitrogens with zero attached hydrogens (tertiary/aromatic N) is 4. The van der Waals surface area contributed by atoms with Gasteiger partial charge in [0.25, 0.3) is 0 Å². The molecule has 0 unspecified atom stereocenters. The average Bonchev–Trinajstić information content (AvgIpc) is 2.90. The second-order valence-electron chi connectivity index (χ2n) is 8.91. The molecule has 2 fully saturated rings. The van der Waals surface area contributed by atoms with Gasteiger partial charge >= 0.3 is 0 Å². The second-order valence-corrected chi connectivity index (χ2v) is 10.8. The number of sulfonamides is 1. The minimum atomic E-state index is -3.57. The lowest BCUT2D eigenvalue weighted by Gasteiger charge is -2.28. The fourth-order valence-corrected chi connectivity index (χ4v) is 6.10. The minimum absolute atomic E-state index is 0.250. The molecule has 0 atom stereocenters. The highest BCUT2D eigenvalue weighted by Gasteiger charge is 2.26. The number of aromatic nitrogens is 3. The van der Waals surface area contributed by atoms with Gasteiger partial charge in [0, 0.05) is 44.2 Å². The van der Waals surface area contributed by atoms with Crippen LogP contribution in [0.1, 0.15) is 25.7 Å². The Morgan fingerprint density at radius 2 is 1.77 bits per heavy atom. The lowest BCUT2D eigenvalue weighted by Crippen LogP contribution is -2.40. The average molecular weight is 499 g/mol. The van der Waals surface area contributed by atoms with Gasteiger partial charge in [-0.15, -0.1) is 0 Å². The number of fused-ring (bicyclic) bond motifs is 1. The Kier molecular flexibility index (Phi) is 6.83. The molecule has 11 heteroatoms. The summed E-state index contributed by atoms with van der Waals surface area (Å²) in [7, 11) is -1.81. The van der Waals surface area contributed by atoms with Gasteiger partial charge in [0.2, 0.25) is 16.0 Å². The van der Waals surface area contributed by atoms with Crippen molar-refractivity contribution in [2.45, 2.75) is 42.7 Å². The normalized spacial score (nSPS) is 21.7. The number of nitrogen functional groups attached to an aromatic ring is 1. The molecule has 1 aliphatic carbocycles. The molecule has 3 aromatic rings. The van der Waals surface area contributed by atoms with Crippen molar-refractivity contribution in [3.05, 3.63) is 36.7 Å². The van der Waals surface area contributed by atoms with Gasteiger partial charge in [0.1, 0.15) is 5.82 Å². The minimum Gasteiger partial charge on any atom is -0.383 e. The summed E-state index contributed by atoms with van der Waals surface area (Å²) < 4.78 is 38.1. The van der Waals surface area contributed by atoms with E-state index in [-0.39, 0.29) is 10.9 Å². The van der Waals surface area contributed by atoms with E-state index in [1.807, 2.05) is 0 Å². The Morgan fingerprint density at radius 1 is 1.06 bits per heavy atom. The van der Waals surface area contributed by atoms with E-state index in [4.69, 9.17) is 20.2 Å². The molecule has 1 aliphatic heterocycles. The second kappa shape index (κ2) is 10.0. The van der Waals surface area contributed by atoms with E-state index in [9.17, 15) is 8.42 Å². The molecule has 0 spiro atoms. The van der Waals surface area contributed by atoms with Crippen LogP contribution in [0, 0.1) is 0 Å². The molecule has 35 heavy (non-hydrogen) atoms. The Morgan fingerprint density at radius 3 is 2.46 bits per heavy atom. The summed E-state index contributed by atoms with van der Waals surface area (Å²) in [6, 6.07) is 7.09. The highest BCUT2D eigenvalue weighted by atomic mass is 32.2. The van der Waals surface area contributed by atoms with Crippen LogP contribution in [-0.4, -0.2) is 73.2 Å². The third-order valence-corrected chi connectivity index (χ3v) is 8.68. The highest BCUT2D eigenvalue weighted by Crippen LogP contribution is 2.31. The van der Waals surface area contributed by atoms with Crippen molar-refractivity contribution < 1.29 is 17.9 Å². The van der Waals surface area contributed by atoms with Gasteiger partial charge in [-0.2, -0.15) is 4.31 Å². The summed E-state index contributed by atoms with van der Waals surface area (Å²) in [4.78, 5) is 13.8. The number of benzene rings is 1. The van der Waals surface area contributed by atoms with Crippen molar-refractivity contribution in [2.75, 3.05) is 44.5 Å². The molecule has 0 radical (unpaired) electrons. The van der Waals surface area contributed by atoms with Crippen molar-refractivity contribution in [1.82, 2.24) is 19.3 Å². The SMILES string of the molecule is COC1CCC(Nc2ncc3c(N)ncc(-c4ccc(S(=O)(=O)N5CCOCC5)cc4)c3n2)CC1. The van der Waals surface area contributed by atoms with E-state index >= 15 is 0 Å². The zero-order chi connectivity index (χ0) is 24.4. The predicted octanol–water partition coefficient (Wildman–Crippen LogP) is 2.66. The van der Waals surface area contributed by atoms with Crippen LogP contribution in [0.15, 0.2) is 41.6 Å². The quantitative estimate of drug-likeness (QED) is 0.526. The number of rotatable bonds is 6. The molecule has 5 rings (SSSR count). The number of ether oxygens (including phenoxy) is 2.